The number of nitrogens with two attached hydrogens (primary N) is 1. The Labute approximate surface area is 103 Å². The van der Waals surface area contributed by atoms with E-state index in [1.165, 1.54) is 6.92 Å². The molecule has 0 saturated heterocycles. The molecule has 4 nitrogen and oxygen atoms in total. The average Bonchev–Trinajstić information content (AvgIpc) is 2.17. The zero-order valence-electron chi connectivity index (χ0n) is 11.1. The molecule has 4 heteroatoms. The summed E-state index contributed by atoms with van der Waals surface area (Å²) >= 11 is 0. The van der Waals surface area contributed by atoms with Gasteiger partial charge in [0.2, 0.25) is 5.91 Å². The van der Waals surface area contributed by atoms with Gasteiger partial charge >= 0.3 is 0 Å². The van der Waals surface area contributed by atoms with Crippen molar-refractivity contribution in [2.45, 2.75) is 34.6 Å². The van der Waals surface area contributed by atoms with Crippen LogP contribution < -0.4 is 11.1 Å². The molecule has 17 heavy (non-hydrogen) atoms. The topological polar surface area (TPSA) is 79.0 Å². The van der Waals surface area contributed by atoms with Crippen LogP contribution in [0.1, 0.15) is 38.8 Å². The smallest absolute Gasteiger partial charge is 0.221 e. The molecule has 0 aliphatic rings. The Balaban J connectivity index is 0.00000121. The van der Waals surface area contributed by atoms with Gasteiger partial charge in [-0.1, -0.05) is 13.8 Å². The molecule has 0 aliphatic carbocycles. The Bertz CT molecular complexity index is 425. The summed E-state index contributed by atoms with van der Waals surface area (Å²) in [6.45, 7) is 8.97. The van der Waals surface area contributed by atoms with E-state index in [0.717, 1.165) is 5.56 Å². The lowest BCUT2D eigenvalue weighted by atomic mass is 10.0. The number of carbonyl (C=O) groups excluding carboxylic acids is 1. The summed E-state index contributed by atoms with van der Waals surface area (Å²) < 4.78 is 0. The molecule has 4 N–H and O–H groups in total. The maximum absolute atomic E-state index is 11.0. The summed E-state index contributed by atoms with van der Waals surface area (Å²) in [5.74, 6) is -0.164. The quantitative estimate of drug-likeness (QED) is 0.544. The molecule has 0 fully saturated rings. The number of amides is 1. The van der Waals surface area contributed by atoms with Gasteiger partial charge < -0.3 is 16.5 Å². The molecule has 0 unspecified atom stereocenters. The number of carbonyl (C=O) groups is 1. The van der Waals surface area contributed by atoms with Crippen molar-refractivity contribution >= 4 is 23.0 Å². The number of nitrogens with one attached hydrogen (secondary N) is 2. The van der Waals surface area contributed by atoms with Crippen LogP contribution >= 0.6 is 0 Å². The SMILES string of the molecule is CC.CC(=N)c1c(N)cc(C)cc1NC(C)=O. The highest BCUT2D eigenvalue weighted by atomic mass is 16.1. The third kappa shape index (κ3) is 4.26. The van der Waals surface area contributed by atoms with Crippen molar-refractivity contribution in [1.29, 1.82) is 5.41 Å². The molecule has 1 rings (SSSR count). The molecule has 0 aliphatic heterocycles. The highest BCUT2D eigenvalue weighted by Crippen LogP contribution is 2.24. The Morgan fingerprint density at radius 3 is 2.24 bits per heavy atom. The van der Waals surface area contributed by atoms with Crippen LogP contribution in [-0.4, -0.2) is 11.6 Å². The predicted octanol–water partition coefficient (Wildman–Crippen LogP) is 2.95. The lowest BCUT2D eigenvalue weighted by Crippen LogP contribution is -2.12. The van der Waals surface area contributed by atoms with Gasteiger partial charge in [-0.2, -0.15) is 0 Å². The highest BCUT2D eigenvalue weighted by Gasteiger charge is 2.10. The largest absolute Gasteiger partial charge is 0.398 e. The zero-order chi connectivity index (χ0) is 13.6. The van der Waals surface area contributed by atoms with Gasteiger partial charge in [0.05, 0.1) is 5.69 Å². The molecule has 94 valence electrons. The molecule has 1 amide bonds. The first-order valence-corrected chi connectivity index (χ1v) is 5.65. The molecule has 0 bridgehead atoms. The fraction of sp³-hybridized carbons (Fsp3) is 0.385. The summed E-state index contributed by atoms with van der Waals surface area (Å²) in [6.07, 6.45) is 0. The van der Waals surface area contributed by atoms with Crippen molar-refractivity contribution < 1.29 is 4.79 Å². The number of aryl methyl sites for hydroxylation is 1. The molecular formula is C13H21N3O. The first-order chi connectivity index (χ1) is 7.91. The van der Waals surface area contributed by atoms with Gasteiger partial charge in [-0.3, -0.25) is 4.79 Å². The van der Waals surface area contributed by atoms with E-state index in [1.54, 1.807) is 13.0 Å². The number of nitrogen functional groups attached to an aromatic ring is 1. The maximum atomic E-state index is 11.0. The van der Waals surface area contributed by atoms with Gasteiger partial charge in [0.1, 0.15) is 0 Å². The third-order valence-corrected chi connectivity index (χ3v) is 2.00. The summed E-state index contributed by atoms with van der Waals surface area (Å²) in [5.41, 5.74) is 8.83. The average molecular weight is 235 g/mol. The molecule has 1 aromatic rings. The van der Waals surface area contributed by atoms with E-state index >= 15 is 0 Å². The fourth-order valence-corrected chi connectivity index (χ4v) is 1.52. The van der Waals surface area contributed by atoms with Gasteiger partial charge in [-0.25, -0.2) is 0 Å². The van der Waals surface area contributed by atoms with Crippen LogP contribution in [0.2, 0.25) is 0 Å². The Hall–Kier alpha value is -1.84. The van der Waals surface area contributed by atoms with Gasteiger partial charge in [0.25, 0.3) is 0 Å². The minimum Gasteiger partial charge on any atom is -0.398 e. The van der Waals surface area contributed by atoms with Gasteiger partial charge in [-0.15, -0.1) is 0 Å². The molecule has 0 aromatic heterocycles. The van der Waals surface area contributed by atoms with Crippen LogP contribution in [0.5, 0.6) is 0 Å². The van der Waals surface area contributed by atoms with Crippen LogP contribution in [0, 0.1) is 12.3 Å². The van der Waals surface area contributed by atoms with Crippen molar-refractivity contribution in [1.82, 2.24) is 0 Å². The highest BCUT2D eigenvalue weighted by molar-refractivity contribution is 6.08. The summed E-state index contributed by atoms with van der Waals surface area (Å²) in [7, 11) is 0. The second kappa shape index (κ2) is 6.68. The van der Waals surface area contributed by atoms with Crippen molar-refractivity contribution in [2.75, 3.05) is 11.1 Å². The molecule has 1 aromatic carbocycles. The molecular weight excluding hydrogens is 214 g/mol. The zero-order valence-corrected chi connectivity index (χ0v) is 11.1. The molecule has 0 spiro atoms. The van der Waals surface area contributed by atoms with Crippen LogP contribution in [-0.2, 0) is 4.79 Å². The lowest BCUT2D eigenvalue weighted by molar-refractivity contribution is -0.114. The lowest BCUT2D eigenvalue weighted by Gasteiger charge is -2.12. The minimum atomic E-state index is -0.164. The Morgan fingerprint density at radius 1 is 1.29 bits per heavy atom. The number of hydrogen-bond acceptors (Lipinski definition) is 3. The Kier molecular flexibility index (Phi) is 5.96. The van der Waals surface area contributed by atoms with Crippen LogP contribution in [0.15, 0.2) is 12.1 Å². The number of anilines is 2. The fourth-order valence-electron chi connectivity index (χ4n) is 1.52. The van der Waals surface area contributed by atoms with E-state index in [2.05, 4.69) is 5.32 Å². The second-order valence-corrected chi connectivity index (χ2v) is 3.58. The monoisotopic (exact) mass is 235 g/mol. The maximum Gasteiger partial charge on any atom is 0.221 e. The van der Waals surface area contributed by atoms with Crippen molar-refractivity contribution in [3.05, 3.63) is 23.3 Å². The molecule has 0 atom stereocenters. The normalized spacial score (nSPS) is 9.00. The van der Waals surface area contributed by atoms with E-state index in [0.29, 0.717) is 22.6 Å². The van der Waals surface area contributed by atoms with Crippen molar-refractivity contribution in [3.63, 3.8) is 0 Å². The summed E-state index contributed by atoms with van der Waals surface area (Å²) in [6, 6.07) is 3.60. The minimum absolute atomic E-state index is 0.164. The first-order valence-electron chi connectivity index (χ1n) is 5.65. The van der Waals surface area contributed by atoms with Crippen molar-refractivity contribution in [2.24, 2.45) is 0 Å². The molecule has 0 saturated carbocycles. The molecule has 0 heterocycles. The second-order valence-electron chi connectivity index (χ2n) is 3.58. The van der Waals surface area contributed by atoms with Crippen LogP contribution in [0.3, 0.4) is 0 Å². The van der Waals surface area contributed by atoms with E-state index in [4.69, 9.17) is 11.1 Å². The van der Waals surface area contributed by atoms with Crippen LogP contribution in [0.4, 0.5) is 11.4 Å². The third-order valence-electron chi connectivity index (χ3n) is 2.00. The van der Waals surface area contributed by atoms with Gasteiger partial charge in [-0.05, 0) is 31.5 Å². The number of hydrogen-bond donors (Lipinski definition) is 3. The predicted molar refractivity (Wildman–Crippen MR) is 73.7 cm³/mol. The molecule has 0 radical (unpaired) electrons. The first kappa shape index (κ1) is 15.2. The number of benzene rings is 1. The summed E-state index contributed by atoms with van der Waals surface area (Å²) in [4.78, 5) is 11.0. The standard InChI is InChI=1S/C11H15N3O.C2H6/c1-6-4-9(13)11(7(2)12)10(5-6)14-8(3)15;1-2/h4-5,12H,13H2,1-3H3,(H,14,15);1-2H3. The number of rotatable bonds is 2. The van der Waals surface area contributed by atoms with Gasteiger partial charge in [0.15, 0.2) is 0 Å². The summed E-state index contributed by atoms with van der Waals surface area (Å²) in [5, 5.41) is 10.3. The van der Waals surface area contributed by atoms with E-state index in [9.17, 15) is 4.79 Å². The van der Waals surface area contributed by atoms with Crippen LogP contribution in [0.25, 0.3) is 0 Å². The van der Waals surface area contributed by atoms with Gasteiger partial charge in [0, 0.05) is 23.9 Å². The van der Waals surface area contributed by atoms with E-state index in [-0.39, 0.29) is 5.91 Å². The van der Waals surface area contributed by atoms with E-state index < -0.39 is 0 Å². The Morgan fingerprint density at radius 2 is 1.82 bits per heavy atom. The van der Waals surface area contributed by atoms with Crippen molar-refractivity contribution in [3.8, 4) is 0 Å². The van der Waals surface area contributed by atoms with E-state index in [1.807, 2.05) is 26.8 Å².